The van der Waals surface area contributed by atoms with Crippen molar-refractivity contribution in [2.24, 2.45) is 0 Å². The fourth-order valence-corrected chi connectivity index (χ4v) is 2.16. The van der Waals surface area contributed by atoms with Crippen LogP contribution in [0.3, 0.4) is 0 Å². The highest BCUT2D eigenvalue weighted by Gasteiger charge is 2.10. The lowest BCUT2D eigenvalue weighted by molar-refractivity contribution is 0.102. The smallest absolute Gasteiger partial charge is 0.255 e. The number of carbonyl (C=O) groups excluding carboxylic acids is 1. The van der Waals surface area contributed by atoms with Gasteiger partial charge in [-0.2, -0.15) is 0 Å². The molecule has 3 rings (SSSR count). The number of carbonyl (C=O) groups is 1. The molecule has 0 aliphatic heterocycles. The Labute approximate surface area is 125 Å². The molecular weight excluding hydrogens is 290 g/mol. The van der Waals surface area contributed by atoms with Crippen LogP contribution in [0, 0.1) is 0 Å². The van der Waals surface area contributed by atoms with E-state index >= 15 is 0 Å². The first kappa shape index (κ1) is 13.5. The summed E-state index contributed by atoms with van der Waals surface area (Å²) in [5.74, 6) is 0.375. The molecule has 5 nitrogen and oxygen atoms in total. The maximum Gasteiger partial charge on any atom is 0.255 e. The molecule has 0 unspecified atom stereocenters. The molecule has 2 aromatic carbocycles. The molecule has 1 aromatic heterocycles. The zero-order chi connectivity index (χ0) is 14.8. The van der Waals surface area contributed by atoms with Crippen molar-refractivity contribution in [2.75, 3.05) is 12.4 Å². The van der Waals surface area contributed by atoms with Gasteiger partial charge in [0.25, 0.3) is 5.91 Å². The molecule has 21 heavy (non-hydrogen) atoms. The summed E-state index contributed by atoms with van der Waals surface area (Å²) in [6.45, 7) is 0. The normalized spacial score (nSPS) is 10.6. The van der Waals surface area contributed by atoms with E-state index < -0.39 is 0 Å². The van der Waals surface area contributed by atoms with Gasteiger partial charge in [-0.1, -0.05) is 11.6 Å². The number of hydrogen-bond donors (Lipinski definition) is 2. The molecule has 1 amide bonds. The summed E-state index contributed by atoms with van der Waals surface area (Å²) >= 11 is 6.08. The van der Waals surface area contributed by atoms with E-state index in [1.165, 1.54) is 0 Å². The summed E-state index contributed by atoms with van der Waals surface area (Å²) in [7, 11) is 1.56. The van der Waals surface area contributed by atoms with E-state index in [0.717, 1.165) is 11.0 Å². The maximum absolute atomic E-state index is 12.3. The van der Waals surface area contributed by atoms with Crippen LogP contribution in [0.25, 0.3) is 11.0 Å². The van der Waals surface area contributed by atoms with Crippen LogP contribution in [0.4, 0.5) is 5.69 Å². The fourth-order valence-electron chi connectivity index (χ4n) is 2.00. The molecule has 1 heterocycles. The Hall–Kier alpha value is -2.53. The van der Waals surface area contributed by atoms with Crippen molar-refractivity contribution in [3.05, 3.63) is 53.3 Å². The number of H-pyrrole nitrogens is 1. The van der Waals surface area contributed by atoms with Crippen LogP contribution in [0.15, 0.2) is 42.7 Å². The molecule has 0 atom stereocenters. The molecule has 0 spiro atoms. The third kappa shape index (κ3) is 2.68. The van der Waals surface area contributed by atoms with Crippen LogP contribution in [-0.2, 0) is 0 Å². The number of nitrogens with zero attached hydrogens (tertiary/aromatic N) is 1. The number of ether oxygens (including phenoxy) is 1. The number of aromatic nitrogens is 2. The third-order valence-corrected chi connectivity index (χ3v) is 3.43. The van der Waals surface area contributed by atoms with Gasteiger partial charge in [0.2, 0.25) is 0 Å². The van der Waals surface area contributed by atoms with Crippen molar-refractivity contribution in [3.63, 3.8) is 0 Å². The number of halogens is 1. The minimum atomic E-state index is -0.248. The molecule has 0 fully saturated rings. The zero-order valence-corrected chi connectivity index (χ0v) is 11.9. The van der Waals surface area contributed by atoms with Gasteiger partial charge in [0.05, 0.1) is 35.2 Å². The number of amides is 1. The lowest BCUT2D eigenvalue weighted by Crippen LogP contribution is -2.12. The number of hydrogen-bond acceptors (Lipinski definition) is 3. The number of nitrogens with one attached hydrogen (secondary N) is 2. The largest absolute Gasteiger partial charge is 0.497 e. The first-order valence-electron chi connectivity index (χ1n) is 6.25. The zero-order valence-electron chi connectivity index (χ0n) is 11.2. The Morgan fingerprint density at radius 3 is 2.95 bits per heavy atom. The highest BCUT2D eigenvalue weighted by atomic mass is 35.5. The van der Waals surface area contributed by atoms with Crippen LogP contribution in [0.1, 0.15) is 10.4 Å². The summed E-state index contributed by atoms with van der Waals surface area (Å²) in [5.41, 5.74) is 2.64. The highest BCUT2D eigenvalue weighted by Crippen LogP contribution is 2.27. The van der Waals surface area contributed by atoms with E-state index in [2.05, 4.69) is 15.3 Å². The number of methoxy groups -OCH3 is 1. The maximum atomic E-state index is 12.3. The minimum Gasteiger partial charge on any atom is -0.497 e. The SMILES string of the molecule is COc1ccc(Cl)c(NC(=O)c2ccc3nc[nH]c3c2)c1. The molecule has 0 saturated heterocycles. The van der Waals surface area contributed by atoms with Gasteiger partial charge in [-0.3, -0.25) is 4.79 Å². The summed E-state index contributed by atoms with van der Waals surface area (Å²) in [6, 6.07) is 10.3. The molecule has 0 saturated carbocycles. The molecule has 2 N–H and O–H groups in total. The van der Waals surface area contributed by atoms with Crippen molar-refractivity contribution in [1.29, 1.82) is 0 Å². The highest BCUT2D eigenvalue weighted by molar-refractivity contribution is 6.34. The van der Waals surface area contributed by atoms with E-state index in [4.69, 9.17) is 16.3 Å². The Bertz CT molecular complexity index is 814. The van der Waals surface area contributed by atoms with Gasteiger partial charge in [0.15, 0.2) is 0 Å². The Morgan fingerprint density at radius 2 is 2.14 bits per heavy atom. The molecule has 0 aliphatic rings. The van der Waals surface area contributed by atoms with Gasteiger partial charge < -0.3 is 15.0 Å². The van der Waals surface area contributed by atoms with E-state index in [-0.39, 0.29) is 5.91 Å². The van der Waals surface area contributed by atoms with Crippen LogP contribution in [0.5, 0.6) is 5.75 Å². The van der Waals surface area contributed by atoms with E-state index in [1.807, 2.05) is 0 Å². The Morgan fingerprint density at radius 1 is 1.29 bits per heavy atom. The number of aromatic amines is 1. The molecular formula is C15H12ClN3O2. The molecule has 0 aliphatic carbocycles. The third-order valence-electron chi connectivity index (χ3n) is 3.10. The summed E-state index contributed by atoms with van der Waals surface area (Å²) in [6.07, 6.45) is 1.59. The average Bonchev–Trinajstić information content (AvgIpc) is 2.96. The fraction of sp³-hybridized carbons (Fsp3) is 0.0667. The van der Waals surface area contributed by atoms with Gasteiger partial charge in [-0.05, 0) is 30.3 Å². The second-order valence-corrected chi connectivity index (χ2v) is 4.84. The number of imidazole rings is 1. The summed E-state index contributed by atoms with van der Waals surface area (Å²) < 4.78 is 5.12. The Balaban J connectivity index is 1.88. The van der Waals surface area contributed by atoms with Gasteiger partial charge in [0, 0.05) is 11.6 Å². The minimum absolute atomic E-state index is 0.248. The van der Waals surface area contributed by atoms with Crippen molar-refractivity contribution < 1.29 is 9.53 Å². The number of fused-ring (bicyclic) bond motifs is 1. The lowest BCUT2D eigenvalue weighted by atomic mass is 10.2. The van der Waals surface area contributed by atoms with Gasteiger partial charge >= 0.3 is 0 Å². The second kappa shape index (κ2) is 5.46. The van der Waals surface area contributed by atoms with Crippen LogP contribution >= 0.6 is 11.6 Å². The molecule has 0 radical (unpaired) electrons. The molecule has 0 bridgehead atoms. The monoisotopic (exact) mass is 301 g/mol. The number of rotatable bonds is 3. The average molecular weight is 302 g/mol. The van der Waals surface area contributed by atoms with Gasteiger partial charge in [-0.25, -0.2) is 4.98 Å². The first-order chi connectivity index (χ1) is 10.2. The van der Waals surface area contributed by atoms with E-state index in [9.17, 15) is 4.79 Å². The predicted molar refractivity (Wildman–Crippen MR) is 82.1 cm³/mol. The van der Waals surface area contributed by atoms with Gasteiger partial charge in [-0.15, -0.1) is 0 Å². The Kier molecular flexibility index (Phi) is 3.50. The molecule has 3 aromatic rings. The van der Waals surface area contributed by atoms with Crippen molar-refractivity contribution in [3.8, 4) is 5.75 Å². The number of benzene rings is 2. The first-order valence-corrected chi connectivity index (χ1v) is 6.63. The molecule has 106 valence electrons. The predicted octanol–water partition coefficient (Wildman–Crippen LogP) is 3.48. The van der Waals surface area contributed by atoms with Crippen molar-refractivity contribution >= 4 is 34.2 Å². The quantitative estimate of drug-likeness (QED) is 0.778. The second-order valence-electron chi connectivity index (χ2n) is 4.43. The van der Waals surface area contributed by atoms with E-state index in [0.29, 0.717) is 22.0 Å². The summed E-state index contributed by atoms with van der Waals surface area (Å²) in [5, 5.41) is 3.22. The van der Waals surface area contributed by atoms with Crippen molar-refractivity contribution in [1.82, 2.24) is 9.97 Å². The number of anilines is 1. The van der Waals surface area contributed by atoms with Crippen LogP contribution in [0.2, 0.25) is 5.02 Å². The van der Waals surface area contributed by atoms with Crippen LogP contribution in [-0.4, -0.2) is 23.0 Å². The topological polar surface area (TPSA) is 67.0 Å². The molecule has 6 heteroatoms. The van der Waals surface area contributed by atoms with Gasteiger partial charge in [0.1, 0.15) is 5.75 Å². The standard InChI is InChI=1S/C15H12ClN3O2/c1-21-10-3-4-11(16)13(7-10)19-15(20)9-2-5-12-14(6-9)18-8-17-12/h2-8H,1H3,(H,17,18)(H,19,20). The summed E-state index contributed by atoms with van der Waals surface area (Å²) in [4.78, 5) is 19.4. The van der Waals surface area contributed by atoms with E-state index in [1.54, 1.807) is 49.8 Å². The lowest BCUT2D eigenvalue weighted by Gasteiger charge is -2.09. The van der Waals surface area contributed by atoms with Crippen molar-refractivity contribution in [2.45, 2.75) is 0 Å². The van der Waals surface area contributed by atoms with Crippen LogP contribution < -0.4 is 10.1 Å².